The number of aromatic hydroxyl groups is 2. The second-order valence-corrected chi connectivity index (χ2v) is 8.74. The predicted octanol–water partition coefficient (Wildman–Crippen LogP) is 5.24. The molecule has 0 aliphatic carbocycles. The van der Waals surface area contributed by atoms with Crippen molar-refractivity contribution in [2.45, 2.75) is 6.42 Å². The first-order valence-corrected chi connectivity index (χ1v) is 12.3. The van der Waals surface area contributed by atoms with Crippen LogP contribution in [-0.2, 0) is 0 Å². The molecule has 0 unspecified atom stereocenters. The average molecular weight is 506 g/mol. The van der Waals surface area contributed by atoms with Crippen LogP contribution in [0.5, 0.6) is 11.5 Å². The molecule has 0 saturated carbocycles. The van der Waals surface area contributed by atoms with Crippen molar-refractivity contribution in [1.29, 1.82) is 0 Å². The summed E-state index contributed by atoms with van der Waals surface area (Å²) in [6.45, 7) is 1.09. The summed E-state index contributed by atoms with van der Waals surface area (Å²) < 4.78 is 1.83. The quantitative estimate of drug-likeness (QED) is 0.204. The Hall–Kier alpha value is -5.11. The van der Waals surface area contributed by atoms with E-state index in [4.69, 9.17) is 5.10 Å². The van der Waals surface area contributed by atoms with Gasteiger partial charge in [-0.05, 0) is 66.6 Å². The lowest BCUT2D eigenvalue weighted by molar-refractivity contribution is 0.0953. The third kappa shape index (κ3) is 5.82. The lowest BCUT2D eigenvalue weighted by Gasteiger charge is -2.09. The lowest BCUT2D eigenvalue weighted by atomic mass is 10.0. The molecule has 4 N–H and O–H groups in total. The van der Waals surface area contributed by atoms with Gasteiger partial charge < -0.3 is 20.8 Å². The zero-order valence-electron chi connectivity index (χ0n) is 20.6. The van der Waals surface area contributed by atoms with E-state index in [-0.39, 0.29) is 17.4 Å². The standard InChI is InChI=1S/C30H27N5O3/c36-25-11-4-7-22(17-25)29-27(20-35(34-29)24-9-2-1-3-10-24)21-13-16-32-28(19-21)31-14-6-15-33-30(38)23-8-5-12-26(37)18-23/h1-5,7-13,16-20,36-37H,6,14-15H2,(H,31,32)(H,33,38). The van der Waals surface area contributed by atoms with Gasteiger partial charge in [0, 0.05) is 42.2 Å². The van der Waals surface area contributed by atoms with Crippen LogP contribution >= 0.6 is 0 Å². The fraction of sp³-hybridized carbons (Fsp3) is 0.100. The van der Waals surface area contributed by atoms with Gasteiger partial charge in [-0.25, -0.2) is 9.67 Å². The summed E-state index contributed by atoms with van der Waals surface area (Å²) in [6.07, 6.45) is 4.41. The number of rotatable bonds is 9. The normalized spacial score (nSPS) is 10.7. The van der Waals surface area contributed by atoms with Crippen molar-refractivity contribution in [2.75, 3.05) is 18.4 Å². The first-order chi connectivity index (χ1) is 18.6. The first kappa shape index (κ1) is 24.6. The molecule has 3 aromatic carbocycles. The molecule has 5 aromatic rings. The number of amides is 1. The van der Waals surface area contributed by atoms with Gasteiger partial charge in [0.05, 0.1) is 5.69 Å². The number of anilines is 1. The number of para-hydroxylation sites is 1. The Morgan fingerprint density at radius 1 is 0.816 bits per heavy atom. The summed E-state index contributed by atoms with van der Waals surface area (Å²) in [5.41, 5.74) is 4.75. The molecule has 8 heteroatoms. The number of phenols is 2. The molecule has 5 rings (SSSR count). The molecule has 0 aliphatic heterocycles. The fourth-order valence-corrected chi connectivity index (χ4v) is 4.12. The molecule has 0 aliphatic rings. The molecule has 2 aromatic heterocycles. The molecule has 0 bridgehead atoms. The highest BCUT2D eigenvalue weighted by Gasteiger charge is 2.15. The minimum absolute atomic E-state index is 0.0619. The Balaban J connectivity index is 1.29. The number of benzene rings is 3. The maximum absolute atomic E-state index is 12.2. The number of hydrogen-bond donors (Lipinski definition) is 4. The van der Waals surface area contributed by atoms with E-state index in [1.54, 1.807) is 36.5 Å². The van der Waals surface area contributed by atoms with Crippen LogP contribution in [-0.4, -0.2) is 44.0 Å². The van der Waals surface area contributed by atoms with Gasteiger partial charge in [-0.3, -0.25) is 4.79 Å². The molecule has 38 heavy (non-hydrogen) atoms. The Labute approximate surface area is 220 Å². The van der Waals surface area contributed by atoms with Gasteiger partial charge in [-0.1, -0.05) is 36.4 Å². The minimum Gasteiger partial charge on any atom is -0.508 e. The number of nitrogens with one attached hydrogen (secondary N) is 2. The molecule has 8 nitrogen and oxygen atoms in total. The number of carbonyl (C=O) groups is 1. The van der Waals surface area contributed by atoms with E-state index in [9.17, 15) is 15.0 Å². The fourth-order valence-electron chi connectivity index (χ4n) is 4.12. The monoisotopic (exact) mass is 505 g/mol. The zero-order valence-corrected chi connectivity index (χ0v) is 20.6. The number of aromatic nitrogens is 3. The van der Waals surface area contributed by atoms with E-state index in [0.717, 1.165) is 28.1 Å². The van der Waals surface area contributed by atoms with Crippen molar-refractivity contribution < 1.29 is 15.0 Å². The van der Waals surface area contributed by atoms with E-state index >= 15 is 0 Å². The first-order valence-electron chi connectivity index (χ1n) is 12.3. The van der Waals surface area contributed by atoms with Crippen LogP contribution in [0, 0.1) is 0 Å². The van der Waals surface area contributed by atoms with E-state index in [1.807, 2.05) is 59.4 Å². The summed E-state index contributed by atoms with van der Waals surface area (Å²) in [6, 6.07) is 27.1. The summed E-state index contributed by atoms with van der Waals surface area (Å²) >= 11 is 0. The molecular formula is C30H27N5O3. The number of phenolic OH excluding ortho intramolecular Hbond substituents is 2. The van der Waals surface area contributed by atoms with E-state index in [2.05, 4.69) is 15.6 Å². The molecule has 1 amide bonds. The Morgan fingerprint density at radius 3 is 2.39 bits per heavy atom. The largest absolute Gasteiger partial charge is 0.508 e. The van der Waals surface area contributed by atoms with Crippen LogP contribution in [0.25, 0.3) is 28.1 Å². The summed E-state index contributed by atoms with van der Waals surface area (Å²) in [5.74, 6) is 0.717. The molecule has 0 fully saturated rings. The highest BCUT2D eigenvalue weighted by atomic mass is 16.3. The SMILES string of the molecule is O=C(NCCCNc1cc(-c2cn(-c3ccccc3)nc2-c2cccc(O)c2)ccn1)c1cccc(O)c1. The van der Waals surface area contributed by atoms with Crippen molar-refractivity contribution in [1.82, 2.24) is 20.1 Å². The van der Waals surface area contributed by atoms with Crippen LogP contribution in [0.3, 0.4) is 0 Å². The van der Waals surface area contributed by atoms with Crippen LogP contribution in [0.4, 0.5) is 5.82 Å². The van der Waals surface area contributed by atoms with Gasteiger partial charge >= 0.3 is 0 Å². The van der Waals surface area contributed by atoms with E-state index < -0.39 is 0 Å². The maximum atomic E-state index is 12.2. The van der Waals surface area contributed by atoms with Gasteiger partial charge in [0.2, 0.25) is 0 Å². The summed E-state index contributed by atoms with van der Waals surface area (Å²) in [4.78, 5) is 16.7. The zero-order chi connectivity index (χ0) is 26.3. The number of carbonyl (C=O) groups excluding carboxylic acids is 1. The van der Waals surface area contributed by atoms with Crippen molar-refractivity contribution in [3.63, 3.8) is 0 Å². The topological polar surface area (TPSA) is 112 Å². The smallest absolute Gasteiger partial charge is 0.251 e. The van der Waals surface area contributed by atoms with Gasteiger partial charge in [-0.2, -0.15) is 5.10 Å². The predicted molar refractivity (Wildman–Crippen MR) is 147 cm³/mol. The number of hydrogen-bond acceptors (Lipinski definition) is 6. The highest BCUT2D eigenvalue weighted by Crippen LogP contribution is 2.34. The second kappa shape index (κ2) is 11.3. The van der Waals surface area contributed by atoms with Crippen LogP contribution < -0.4 is 10.6 Å². The van der Waals surface area contributed by atoms with Crippen LogP contribution in [0.15, 0.2) is 103 Å². The van der Waals surface area contributed by atoms with Crippen molar-refractivity contribution in [2.24, 2.45) is 0 Å². The molecule has 190 valence electrons. The number of nitrogens with zero attached hydrogens (tertiary/aromatic N) is 3. The van der Waals surface area contributed by atoms with Crippen LogP contribution in [0.1, 0.15) is 16.8 Å². The summed E-state index contributed by atoms with van der Waals surface area (Å²) in [7, 11) is 0. The molecule has 0 saturated heterocycles. The highest BCUT2D eigenvalue weighted by molar-refractivity contribution is 5.94. The second-order valence-electron chi connectivity index (χ2n) is 8.74. The summed E-state index contributed by atoms with van der Waals surface area (Å²) in [5, 5.41) is 30.6. The Kier molecular flexibility index (Phi) is 7.31. The van der Waals surface area contributed by atoms with E-state index in [1.165, 1.54) is 12.1 Å². The van der Waals surface area contributed by atoms with Gasteiger partial charge in [0.15, 0.2) is 0 Å². The van der Waals surface area contributed by atoms with Gasteiger partial charge in [-0.15, -0.1) is 0 Å². The van der Waals surface area contributed by atoms with Gasteiger partial charge in [0.1, 0.15) is 23.0 Å². The maximum Gasteiger partial charge on any atom is 0.251 e. The Morgan fingerprint density at radius 2 is 1.61 bits per heavy atom. The average Bonchev–Trinajstić information content (AvgIpc) is 3.39. The third-order valence-corrected chi connectivity index (χ3v) is 5.98. The van der Waals surface area contributed by atoms with Crippen molar-refractivity contribution in [3.05, 3.63) is 109 Å². The van der Waals surface area contributed by atoms with E-state index in [0.29, 0.717) is 30.9 Å². The number of pyridine rings is 1. The molecule has 2 heterocycles. The minimum atomic E-state index is -0.226. The Bertz CT molecular complexity index is 1550. The lowest BCUT2D eigenvalue weighted by Crippen LogP contribution is -2.25. The molecule has 0 atom stereocenters. The molecule has 0 spiro atoms. The van der Waals surface area contributed by atoms with Crippen LogP contribution in [0.2, 0.25) is 0 Å². The third-order valence-electron chi connectivity index (χ3n) is 5.98. The van der Waals surface area contributed by atoms with Crippen molar-refractivity contribution in [3.8, 4) is 39.6 Å². The van der Waals surface area contributed by atoms with Gasteiger partial charge in [0.25, 0.3) is 5.91 Å². The van der Waals surface area contributed by atoms with Crippen molar-refractivity contribution >= 4 is 11.7 Å². The molecule has 0 radical (unpaired) electrons. The molecular weight excluding hydrogens is 478 g/mol.